The molecule has 2 aromatic rings. The fourth-order valence-electron chi connectivity index (χ4n) is 1.11. The van der Waals surface area contributed by atoms with Crippen molar-refractivity contribution in [2.24, 2.45) is 0 Å². The number of nitrogens with two attached hydrogens (primary N) is 1. The quantitative estimate of drug-likeness (QED) is 0.866. The predicted molar refractivity (Wildman–Crippen MR) is 61.7 cm³/mol. The van der Waals surface area contributed by atoms with Crippen LogP contribution in [-0.2, 0) is 0 Å². The Morgan fingerprint density at radius 2 is 2.07 bits per heavy atom. The van der Waals surface area contributed by atoms with Crippen LogP contribution in [0.25, 0.3) is 11.3 Å². The first kappa shape index (κ1) is 10.6. The zero-order valence-corrected chi connectivity index (χ0v) is 10.5. The first-order valence-electron chi connectivity index (χ1n) is 3.95. The van der Waals surface area contributed by atoms with Gasteiger partial charge >= 0.3 is 0 Å². The average Bonchev–Trinajstić information content (AvgIpc) is 2.53. The van der Waals surface area contributed by atoms with Gasteiger partial charge in [-0.15, -0.1) is 0 Å². The van der Waals surface area contributed by atoms with E-state index in [4.69, 9.17) is 10.3 Å². The summed E-state index contributed by atoms with van der Waals surface area (Å²) in [6.45, 7) is 0. The van der Waals surface area contributed by atoms with Crippen LogP contribution in [0.4, 0.5) is 10.2 Å². The minimum Gasteiger partial charge on any atom is -0.380 e. The van der Waals surface area contributed by atoms with Gasteiger partial charge in [0.05, 0.1) is 4.47 Å². The van der Waals surface area contributed by atoms with E-state index in [1.54, 1.807) is 12.1 Å². The van der Waals surface area contributed by atoms with Crippen LogP contribution in [0.5, 0.6) is 0 Å². The molecule has 0 unspecified atom stereocenters. The molecule has 0 radical (unpaired) electrons. The van der Waals surface area contributed by atoms with Crippen LogP contribution in [0, 0.1) is 5.82 Å². The fraction of sp³-hybridized carbons (Fsp3) is 0. The molecule has 6 heteroatoms. The number of hydrogen-bond acceptors (Lipinski definition) is 3. The Balaban J connectivity index is 2.55. The van der Waals surface area contributed by atoms with E-state index in [2.05, 4.69) is 37.0 Å². The number of nitrogens with zero attached hydrogens (tertiary/aromatic N) is 1. The maximum absolute atomic E-state index is 13.0. The Bertz CT molecular complexity index is 513. The van der Waals surface area contributed by atoms with Crippen molar-refractivity contribution < 1.29 is 8.91 Å². The van der Waals surface area contributed by atoms with Gasteiger partial charge < -0.3 is 10.3 Å². The number of hydrogen-bond donors (Lipinski definition) is 1. The van der Waals surface area contributed by atoms with E-state index in [-0.39, 0.29) is 11.6 Å². The highest BCUT2D eigenvalue weighted by Gasteiger charge is 2.14. The number of aromatic nitrogens is 1. The standard InChI is InChI=1S/C9H5Br2FN2O/c10-5-3-4(1-2-6(5)12)8-7(11)9(13)14-15-8/h1-3H,(H2,13,14). The summed E-state index contributed by atoms with van der Waals surface area (Å²) in [5, 5.41) is 3.59. The van der Waals surface area contributed by atoms with E-state index < -0.39 is 0 Å². The molecule has 0 saturated heterocycles. The van der Waals surface area contributed by atoms with E-state index in [1.807, 2.05) is 0 Å². The molecule has 0 aliphatic heterocycles. The number of halogens is 3. The maximum Gasteiger partial charge on any atom is 0.183 e. The van der Waals surface area contributed by atoms with Gasteiger partial charge in [0.15, 0.2) is 11.6 Å². The van der Waals surface area contributed by atoms with Crippen molar-refractivity contribution in [3.8, 4) is 11.3 Å². The Morgan fingerprint density at radius 1 is 1.33 bits per heavy atom. The summed E-state index contributed by atoms with van der Waals surface area (Å²) in [4.78, 5) is 0. The van der Waals surface area contributed by atoms with Crippen molar-refractivity contribution >= 4 is 37.7 Å². The van der Waals surface area contributed by atoms with E-state index in [9.17, 15) is 4.39 Å². The Kier molecular flexibility index (Phi) is 2.79. The Hall–Kier alpha value is -0.880. The van der Waals surface area contributed by atoms with Crippen LogP contribution in [0.15, 0.2) is 31.7 Å². The molecule has 3 nitrogen and oxygen atoms in total. The third kappa shape index (κ3) is 1.91. The van der Waals surface area contributed by atoms with Crippen LogP contribution in [0.3, 0.4) is 0 Å². The summed E-state index contributed by atoms with van der Waals surface area (Å²) >= 11 is 6.33. The van der Waals surface area contributed by atoms with Crippen molar-refractivity contribution in [2.75, 3.05) is 5.73 Å². The van der Waals surface area contributed by atoms with Crippen molar-refractivity contribution in [3.05, 3.63) is 33.0 Å². The fourth-order valence-corrected chi connectivity index (χ4v) is 1.86. The summed E-state index contributed by atoms with van der Waals surface area (Å²) in [5.74, 6) is 0.418. The lowest BCUT2D eigenvalue weighted by molar-refractivity contribution is 0.435. The average molecular weight is 336 g/mol. The molecule has 1 heterocycles. The molecule has 78 valence electrons. The molecule has 15 heavy (non-hydrogen) atoms. The number of anilines is 1. The van der Waals surface area contributed by atoms with Crippen LogP contribution in [0.1, 0.15) is 0 Å². The molecule has 1 aromatic carbocycles. The molecule has 0 aliphatic carbocycles. The Labute approximate surface area is 102 Å². The molecular formula is C9H5Br2FN2O. The molecule has 0 amide bonds. The zero-order chi connectivity index (χ0) is 11.0. The van der Waals surface area contributed by atoms with Gasteiger partial charge in [-0.1, -0.05) is 5.16 Å². The monoisotopic (exact) mass is 334 g/mol. The topological polar surface area (TPSA) is 52.0 Å². The second-order valence-corrected chi connectivity index (χ2v) is 4.49. The van der Waals surface area contributed by atoms with E-state index >= 15 is 0 Å². The van der Waals surface area contributed by atoms with Crippen LogP contribution < -0.4 is 5.73 Å². The number of rotatable bonds is 1. The molecule has 0 atom stereocenters. The lowest BCUT2D eigenvalue weighted by Gasteiger charge is -1.98. The van der Waals surface area contributed by atoms with Crippen molar-refractivity contribution in [1.29, 1.82) is 0 Å². The van der Waals surface area contributed by atoms with Gasteiger partial charge in [0.1, 0.15) is 10.3 Å². The molecule has 0 aliphatic rings. The van der Waals surface area contributed by atoms with E-state index in [0.717, 1.165) is 0 Å². The molecular weight excluding hydrogens is 331 g/mol. The van der Waals surface area contributed by atoms with Crippen LogP contribution in [0.2, 0.25) is 0 Å². The molecule has 0 bridgehead atoms. The first-order valence-corrected chi connectivity index (χ1v) is 5.54. The molecule has 1 aromatic heterocycles. The van der Waals surface area contributed by atoms with Crippen molar-refractivity contribution in [1.82, 2.24) is 5.16 Å². The summed E-state index contributed by atoms with van der Waals surface area (Å²) in [6, 6.07) is 4.52. The second kappa shape index (κ2) is 3.94. The second-order valence-electron chi connectivity index (χ2n) is 2.84. The molecule has 0 saturated carbocycles. The molecule has 2 N–H and O–H groups in total. The smallest absolute Gasteiger partial charge is 0.183 e. The van der Waals surface area contributed by atoms with Crippen molar-refractivity contribution in [3.63, 3.8) is 0 Å². The molecule has 0 fully saturated rings. The third-order valence-electron chi connectivity index (χ3n) is 1.84. The minimum absolute atomic E-state index is 0.269. The largest absolute Gasteiger partial charge is 0.380 e. The number of nitrogen functional groups attached to an aromatic ring is 1. The highest BCUT2D eigenvalue weighted by molar-refractivity contribution is 9.11. The predicted octanol–water partition coefficient (Wildman–Crippen LogP) is 3.59. The van der Waals surface area contributed by atoms with Gasteiger partial charge in [0, 0.05) is 5.56 Å². The summed E-state index contributed by atoms with van der Waals surface area (Å²) < 4.78 is 18.9. The van der Waals surface area contributed by atoms with E-state index in [0.29, 0.717) is 20.3 Å². The summed E-state index contributed by atoms with van der Waals surface area (Å²) in [7, 11) is 0. The van der Waals surface area contributed by atoms with Gasteiger partial charge in [-0.25, -0.2) is 4.39 Å². The van der Waals surface area contributed by atoms with E-state index in [1.165, 1.54) is 6.07 Å². The van der Waals surface area contributed by atoms with Crippen molar-refractivity contribution in [2.45, 2.75) is 0 Å². The Morgan fingerprint density at radius 3 is 2.60 bits per heavy atom. The third-order valence-corrected chi connectivity index (χ3v) is 3.22. The first-order chi connectivity index (χ1) is 7.09. The SMILES string of the molecule is Nc1noc(-c2ccc(F)c(Br)c2)c1Br. The van der Waals surface area contributed by atoms with Gasteiger partial charge in [0.2, 0.25) is 0 Å². The minimum atomic E-state index is -0.331. The highest BCUT2D eigenvalue weighted by atomic mass is 79.9. The summed E-state index contributed by atoms with van der Waals surface area (Å²) in [6.07, 6.45) is 0. The van der Waals surface area contributed by atoms with Gasteiger partial charge in [-0.05, 0) is 50.1 Å². The lowest BCUT2D eigenvalue weighted by atomic mass is 10.2. The number of benzene rings is 1. The lowest BCUT2D eigenvalue weighted by Crippen LogP contribution is -1.84. The van der Waals surface area contributed by atoms with Gasteiger partial charge in [-0.2, -0.15) is 0 Å². The van der Waals surface area contributed by atoms with Gasteiger partial charge in [-0.3, -0.25) is 0 Å². The molecule has 2 rings (SSSR count). The van der Waals surface area contributed by atoms with Gasteiger partial charge in [0.25, 0.3) is 0 Å². The summed E-state index contributed by atoms with van der Waals surface area (Å²) in [5.41, 5.74) is 6.20. The van der Waals surface area contributed by atoms with Crippen LogP contribution in [-0.4, -0.2) is 5.16 Å². The normalized spacial score (nSPS) is 10.6. The molecule has 0 spiro atoms. The highest BCUT2D eigenvalue weighted by Crippen LogP contribution is 2.34. The zero-order valence-electron chi connectivity index (χ0n) is 7.30. The van der Waals surface area contributed by atoms with Crippen LogP contribution >= 0.6 is 31.9 Å². The maximum atomic E-state index is 13.0.